The van der Waals surface area contributed by atoms with E-state index < -0.39 is 10.0 Å². The predicted molar refractivity (Wildman–Crippen MR) is 74.2 cm³/mol. The van der Waals surface area contributed by atoms with E-state index in [1.807, 2.05) is 0 Å². The Morgan fingerprint density at radius 2 is 2.22 bits per heavy atom. The standard InChI is InChI=1S/C10H16BrNO4S2/c1-16-5-3-2-4-12-18(14,15)9-6-8(7-13)17-10(9)11/h6,12-13H,2-5,7H2,1H3. The van der Waals surface area contributed by atoms with Crippen molar-refractivity contribution in [1.82, 2.24) is 4.72 Å². The van der Waals surface area contributed by atoms with Crippen LogP contribution >= 0.6 is 27.3 Å². The minimum Gasteiger partial charge on any atom is -0.391 e. The van der Waals surface area contributed by atoms with E-state index in [-0.39, 0.29) is 11.5 Å². The minimum absolute atomic E-state index is 0.160. The van der Waals surface area contributed by atoms with Crippen LogP contribution in [-0.2, 0) is 21.4 Å². The third-order valence-electron chi connectivity index (χ3n) is 2.22. The number of halogens is 1. The van der Waals surface area contributed by atoms with Crippen LogP contribution in [0, 0.1) is 0 Å². The molecule has 0 saturated carbocycles. The van der Waals surface area contributed by atoms with Gasteiger partial charge in [-0.1, -0.05) is 0 Å². The molecular formula is C10H16BrNO4S2. The smallest absolute Gasteiger partial charge is 0.242 e. The van der Waals surface area contributed by atoms with Gasteiger partial charge in [-0.15, -0.1) is 11.3 Å². The highest BCUT2D eigenvalue weighted by Crippen LogP contribution is 2.31. The summed E-state index contributed by atoms with van der Waals surface area (Å²) in [7, 11) is -1.89. The zero-order valence-corrected chi connectivity index (χ0v) is 13.2. The van der Waals surface area contributed by atoms with E-state index in [0.717, 1.165) is 12.8 Å². The zero-order valence-electron chi connectivity index (χ0n) is 9.98. The number of aliphatic hydroxyl groups excluding tert-OH is 1. The number of hydrogen-bond acceptors (Lipinski definition) is 5. The fraction of sp³-hybridized carbons (Fsp3) is 0.600. The summed E-state index contributed by atoms with van der Waals surface area (Å²) in [6.45, 7) is 0.841. The second-order valence-corrected chi connectivity index (χ2v) is 7.80. The molecule has 1 rings (SSSR count). The fourth-order valence-electron chi connectivity index (χ4n) is 1.31. The first-order valence-electron chi connectivity index (χ1n) is 5.39. The van der Waals surface area contributed by atoms with Crippen molar-refractivity contribution < 1.29 is 18.3 Å². The lowest BCUT2D eigenvalue weighted by Gasteiger charge is -2.05. The summed E-state index contributed by atoms with van der Waals surface area (Å²) >= 11 is 4.41. The monoisotopic (exact) mass is 357 g/mol. The molecule has 0 saturated heterocycles. The van der Waals surface area contributed by atoms with E-state index in [1.165, 1.54) is 17.4 Å². The van der Waals surface area contributed by atoms with Gasteiger partial charge in [-0.25, -0.2) is 13.1 Å². The van der Waals surface area contributed by atoms with Crippen molar-refractivity contribution >= 4 is 37.3 Å². The minimum atomic E-state index is -3.51. The molecule has 1 heterocycles. The average Bonchev–Trinajstić information content (AvgIpc) is 2.71. The number of aliphatic hydroxyl groups is 1. The van der Waals surface area contributed by atoms with Crippen LogP contribution in [0.4, 0.5) is 0 Å². The maximum absolute atomic E-state index is 12.0. The van der Waals surface area contributed by atoms with Gasteiger partial charge >= 0.3 is 0 Å². The summed E-state index contributed by atoms with van der Waals surface area (Å²) in [4.78, 5) is 0.796. The highest BCUT2D eigenvalue weighted by Gasteiger charge is 2.20. The van der Waals surface area contributed by atoms with Gasteiger partial charge < -0.3 is 9.84 Å². The van der Waals surface area contributed by atoms with Gasteiger partial charge in [-0.2, -0.15) is 0 Å². The van der Waals surface area contributed by atoms with Gasteiger partial charge in [-0.3, -0.25) is 0 Å². The topological polar surface area (TPSA) is 75.6 Å². The number of rotatable bonds is 8. The molecule has 1 aromatic heterocycles. The van der Waals surface area contributed by atoms with Gasteiger partial charge in [0.2, 0.25) is 10.0 Å². The van der Waals surface area contributed by atoms with Crippen molar-refractivity contribution in [1.29, 1.82) is 0 Å². The second kappa shape index (κ2) is 7.56. The average molecular weight is 358 g/mol. The van der Waals surface area contributed by atoms with Crippen LogP contribution < -0.4 is 4.72 Å². The van der Waals surface area contributed by atoms with Crippen LogP contribution in [0.3, 0.4) is 0 Å². The van der Waals surface area contributed by atoms with Crippen molar-refractivity contribution in [3.63, 3.8) is 0 Å². The summed E-state index contributed by atoms with van der Waals surface area (Å²) in [5, 5.41) is 8.97. The predicted octanol–water partition coefficient (Wildman–Crippen LogP) is 1.71. The SMILES string of the molecule is COCCCCNS(=O)(=O)c1cc(CO)sc1Br. The molecular weight excluding hydrogens is 342 g/mol. The maximum atomic E-state index is 12.0. The number of ether oxygens (including phenoxy) is 1. The molecule has 2 N–H and O–H groups in total. The summed E-state index contributed by atoms with van der Waals surface area (Å²) < 4.78 is 31.9. The molecule has 0 spiro atoms. The maximum Gasteiger partial charge on any atom is 0.242 e. The highest BCUT2D eigenvalue weighted by atomic mass is 79.9. The Kier molecular flexibility index (Phi) is 6.75. The van der Waals surface area contributed by atoms with Gasteiger partial charge in [0.05, 0.1) is 10.4 Å². The van der Waals surface area contributed by atoms with Crippen molar-refractivity contribution in [3.05, 3.63) is 14.7 Å². The molecule has 0 aliphatic heterocycles. The third kappa shape index (κ3) is 4.60. The molecule has 5 nitrogen and oxygen atoms in total. The molecule has 0 bridgehead atoms. The normalized spacial score (nSPS) is 11.9. The molecule has 0 aliphatic carbocycles. The van der Waals surface area contributed by atoms with E-state index in [9.17, 15) is 8.42 Å². The molecule has 0 aromatic carbocycles. The Balaban J connectivity index is 2.60. The van der Waals surface area contributed by atoms with Gasteiger partial charge in [0.25, 0.3) is 0 Å². The lowest BCUT2D eigenvalue weighted by atomic mass is 10.3. The Morgan fingerprint density at radius 3 is 2.78 bits per heavy atom. The van der Waals surface area contributed by atoms with Gasteiger partial charge in [0, 0.05) is 25.1 Å². The van der Waals surface area contributed by atoms with Gasteiger partial charge in [-0.05, 0) is 34.8 Å². The molecule has 104 valence electrons. The quantitative estimate of drug-likeness (QED) is 0.694. The van der Waals surface area contributed by atoms with Crippen molar-refractivity contribution in [3.8, 4) is 0 Å². The lowest BCUT2D eigenvalue weighted by molar-refractivity contribution is 0.193. The zero-order chi connectivity index (χ0) is 13.6. The van der Waals surface area contributed by atoms with Crippen molar-refractivity contribution in [2.75, 3.05) is 20.3 Å². The Bertz CT molecular complexity index is 472. The second-order valence-electron chi connectivity index (χ2n) is 3.61. The fourth-order valence-corrected chi connectivity index (χ4v) is 4.93. The molecule has 0 radical (unpaired) electrons. The number of unbranched alkanes of at least 4 members (excludes halogenated alkanes) is 1. The lowest BCUT2D eigenvalue weighted by Crippen LogP contribution is -2.24. The van der Waals surface area contributed by atoms with Crippen LogP contribution in [0.25, 0.3) is 0 Å². The molecule has 18 heavy (non-hydrogen) atoms. The van der Waals surface area contributed by atoms with E-state index in [4.69, 9.17) is 9.84 Å². The molecule has 0 amide bonds. The van der Waals surface area contributed by atoms with Crippen molar-refractivity contribution in [2.45, 2.75) is 24.3 Å². The molecule has 0 unspecified atom stereocenters. The van der Waals surface area contributed by atoms with Crippen LogP contribution in [0.5, 0.6) is 0 Å². The van der Waals surface area contributed by atoms with Crippen molar-refractivity contribution in [2.24, 2.45) is 0 Å². The summed E-state index contributed by atoms with van der Waals surface area (Å²) in [6.07, 6.45) is 1.54. The molecule has 0 aliphatic rings. The summed E-state index contributed by atoms with van der Waals surface area (Å²) in [6, 6.07) is 1.48. The van der Waals surface area contributed by atoms with Crippen LogP contribution in [0.15, 0.2) is 14.7 Å². The number of nitrogens with one attached hydrogen (secondary N) is 1. The summed E-state index contributed by atoms with van der Waals surface area (Å²) in [5.74, 6) is 0. The Hall–Kier alpha value is 0.01000. The van der Waals surface area contributed by atoms with Gasteiger partial charge in [0.15, 0.2) is 0 Å². The first-order chi connectivity index (χ1) is 8.51. The number of methoxy groups -OCH3 is 1. The first-order valence-corrected chi connectivity index (χ1v) is 8.48. The first kappa shape index (κ1) is 16.1. The Labute approximate surface area is 119 Å². The molecule has 1 aromatic rings. The molecule has 0 atom stereocenters. The van der Waals surface area contributed by atoms with Crippen LogP contribution in [0.1, 0.15) is 17.7 Å². The molecule has 0 fully saturated rings. The Morgan fingerprint density at radius 1 is 1.50 bits per heavy atom. The number of sulfonamides is 1. The highest BCUT2D eigenvalue weighted by molar-refractivity contribution is 9.11. The summed E-state index contributed by atoms with van der Waals surface area (Å²) in [5.41, 5.74) is 0. The van der Waals surface area contributed by atoms with Crippen LogP contribution in [0.2, 0.25) is 0 Å². The van der Waals surface area contributed by atoms with E-state index in [0.29, 0.717) is 21.8 Å². The largest absolute Gasteiger partial charge is 0.391 e. The number of thiophene rings is 1. The van der Waals surface area contributed by atoms with Gasteiger partial charge in [0.1, 0.15) is 4.90 Å². The van der Waals surface area contributed by atoms with E-state index >= 15 is 0 Å². The molecule has 8 heteroatoms. The van der Waals surface area contributed by atoms with Crippen LogP contribution in [-0.4, -0.2) is 33.8 Å². The van der Waals surface area contributed by atoms with E-state index in [1.54, 1.807) is 7.11 Å². The van der Waals surface area contributed by atoms with E-state index in [2.05, 4.69) is 20.7 Å². The third-order valence-corrected chi connectivity index (χ3v) is 5.92. The number of hydrogen-bond donors (Lipinski definition) is 2.